The zero-order valence-electron chi connectivity index (χ0n) is 17.3. The van der Waals surface area contributed by atoms with Crippen LogP contribution < -0.4 is 10.2 Å². The Bertz CT molecular complexity index is 1080. The first-order valence-corrected chi connectivity index (χ1v) is 9.44. The molecule has 156 valence electrons. The van der Waals surface area contributed by atoms with Gasteiger partial charge in [-0.15, -0.1) is 0 Å². The van der Waals surface area contributed by atoms with Crippen molar-refractivity contribution in [2.24, 2.45) is 0 Å². The molecule has 0 saturated heterocycles. The summed E-state index contributed by atoms with van der Waals surface area (Å²) in [5, 5.41) is 21.8. The zero-order valence-corrected chi connectivity index (χ0v) is 17.3. The van der Waals surface area contributed by atoms with Gasteiger partial charge in [0.25, 0.3) is 5.91 Å². The fraction of sp³-hybridized carbons (Fsp3) is 0.261. The van der Waals surface area contributed by atoms with E-state index in [1.807, 2.05) is 49.3 Å². The number of rotatable bonds is 5. The molecule has 7 heteroatoms. The molecule has 3 rings (SSSR count). The number of nitrogens with zero attached hydrogens (tertiary/aromatic N) is 1. The van der Waals surface area contributed by atoms with Crippen molar-refractivity contribution in [3.8, 4) is 11.1 Å². The molecule has 0 unspecified atom stereocenters. The third-order valence-corrected chi connectivity index (χ3v) is 5.30. The zero-order chi connectivity index (χ0) is 22.2. The summed E-state index contributed by atoms with van der Waals surface area (Å²) in [5.74, 6) is -3.14. The van der Waals surface area contributed by atoms with Crippen molar-refractivity contribution in [3.05, 3.63) is 59.2 Å². The van der Waals surface area contributed by atoms with Crippen molar-refractivity contribution in [3.63, 3.8) is 0 Å². The Morgan fingerprint density at radius 3 is 2.37 bits per heavy atom. The number of ketones is 1. The number of amides is 1. The fourth-order valence-electron chi connectivity index (χ4n) is 3.56. The molecule has 0 saturated carbocycles. The van der Waals surface area contributed by atoms with Crippen LogP contribution in [0.25, 0.3) is 16.9 Å². The number of carboxylic acid groups (broad SMARTS) is 1. The van der Waals surface area contributed by atoms with Gasteiger partial charge < -0.3 is 20.4 Å². The second-order valence-corrected chi connectivity index (χ2v) is 7.96. The summed E-state index contributed by atoms with van der Waals surface area (Å²) < 4.78 is 0. The van der Waals surface area contributed by atoms with Crippen molar-refractivity contribution < 1.29 is 24.6 Å². The Hall–Kier alpha value is -3.61. The molecule has 0 fully saturated rings. The lowest BCUT2D eigenvalue weighted by molar-refractivity contribution is -0.138. The highest BCUT2D eigenvalue weighted by Crippen LogP contribution is 2.41. The first kappa shape index (κ1) is 21.1. The van der Waals surface area contributed by atoms with E-state index in [9.17, 15) is 19.5 Å². The normalized spacial score (nSPS) is 14.9. The number of benzene rings is 2. The highest BCUT2D eigenvalue weighted by molar-refractivity contribution is 6.28. The Labute approximate surface area is 174 Å². The lowest BCUT2D eigenvalue weighted by atomic mass is 9.70. The van der Waals surface area contributed by atoms with E-state index in [1.165, 1.54) is 0 Å². The Balaban J connectivity index is 2.13. The molecule has 0 aromatic heterocycles. The van der Waals surface area contributed by atoms with Gasteiger partial charge in [-0.3, -0.25) is 14.4 Å². The van der Waals surface area contributed by atoms with Crippen LogP contribution in [0.15, 0.2) is 48.0 Å². The van der Waals surface area contributed by atoms with Gasteiger partial charge in [-0.2, -0.15) is 0 Å². The smallest absolute Gasteiger partial charge is 0.322 e. The van der Waals surface area contributed by atoms with Gasteiger partial charge in [-0.25, -0.2) is 0 Å². The maximum atomic E-state index is 12.9. The van der Waals surface area contributed by atoms with Crippen LogP contribution in [-0.4, -0.2) is 48.5 Å². The third kappa shape index (κ3) is 3.66. The number of fused-ring (bicyclic) bond motifs is 1. The van der Waals surface area contributed by atoms with E-state index in [1.54, 1.807) is 26.0 Å². The maximum absolute atomic E-state index is 12.9. The molecule has 0 bridgehead atoms. The predicted molar refractivity (Wildman–Crippen MR) is 114 cm³/mol. The lowest BCUT2D eigenvalue weighted by Gasteiger charge is -2.32. The average molecular weight is 408 g/mol. The molecular weight excluding hydrogens is 384 g/mol. The minimum atomic E-state index is -1.24. The molecule has 0 radical (unpaired) electrons. The standard InChI is InChI=1S/C23H24N2O5/c1-23(2)17-9-8-14(13-6-5-7-15(10-13)25(3)4)11-16(17)20(28)19(21(23)29)22(30)24-12-18(26)27/h5-11,28H,12H2,1-4H3,(H,24,30)(H,26,27). The van der Waals surface area contributed by atoms with Crippen molar-refractivity contribution >= 4 is 29.1 Å². The molecule has 30 heavy (non-hydrogen) atoms. The van der Waals surface area contributed by atoms with Gasteiger partial charge in [0.1, 0.15) is 17.9 Å². The number of anilines is 1. The molecule has 7 nitrogen and oxygen atoms in total. The number of aliphatic carboxylic acids is 1. The maximum Gasteiger partial charge on any atom is 0.322 e. The number of carbonyl (C=O) groups is 3. The van der Waals surface area contributed by atoms with Crippen LogP contribution in [-0.2, 0) is 19.8 Å². The van der Waals surface area contributed by atoms with Crippen LogP contribution in [0.5, 0.6) is 0 Å². The van der Waals surface area contributed by atoms with Crippen molar-refractivity contribution in [2.45, 2.75) is 19.3 Å². The van der Waals surface area contributed by atoms with E-state index in [4.69, 9.17) is 5.11 Å². The third-order valence-electron chi connectivity index (χ3n) is 5.30. The monoisotopic (exact) mass is 408 g/mol. The second kappa shape index (κ2) is 7.67. The predicted octanol–water partition coefficient (Wildman–Crippen LogP) is 2.75. The number of aliphatic hydroxyl groups excluding tert-OH is 1. The van der Waals surface area contributed by atoms with Crippen LogP contribution >= 0.6 is 0 Å². The molecule has 0 spiro atoms. The van der Waals surface area contributed by atoms with Gasteiger partial charge >= 0.3 is 5.97 Å². The summed E-state index contributed by atoms with van der Waals surface area (Å²) >= 11 is 0. The number of aliphatic hydroxyl groups is 1. The first-order valence-electron chi connectivity index (χ1n) is 9.44. The fourth-order valence-corrected chi connectivity index (χ4v) is 3.56. The SMILES string of the molecule is CN(C)c1cccc(-c2ccc3c(c2)C(O)=C(C(=O)NCC(=O)O)C(=O)C3(C)C)c1. The summed E-state index contributed by atoms with van der Waals surface area (Å²) in [5.41, 5.74) is 2.26. The molecular formula is C23H24N2O5. The molecule has 1 aliphatic rings. The van der Waals surface area contributed by atoms with Gasteiger partial charge in [-0.05, 0) is 48.7 Å². The minimum Gasteiger partial charge on any atom is -0.506 e. The number of hydrogen-bond donors (Lipinski definition) is 3. The second-order valence-electron chi connectivity index (χ2n) is 7.96. The number of nitrogens with one attached hydrogen (secondary N) is 1. The summed E-state index contributed by atoms with van der Waals surface area (Å²) in [6.45, 7) is 2.71. The van der Waals surface area contributed by atoms with Gasteiger partial charge in [0.2, 0.25) is 0 Å². The Kier molecular flexibility index (Phi) is 5.39. The van der Waals surface area contributed by atoms with Crippen LogP contribution in [0, 0.1) is 0 Å². The van der Waals surface area contributed by atoms with Gasteiger partial charge in [0.05, 0.1) is 5.41 Å². The van der Waals surface area contributed by atoms with Crippen molar-refractivity contribution in [1.82, 2.24) is 5.32 Å². The van der Waals surface area contributed by atoms with Crippen LogP contribution in [0.1, 0.15) is 25.0 Å². The number of hydrogen-bond acceptors (Lipinski definition) is 5. The van der Waals surface area contributed by atoms with Gasteiger partial charge in [-0.1, -0.05) is 24.3 Å². The quantitative estimate of drug-likeness (QED) is 0.657. The largest absolute Gasteiger partial charge is 0.506 e. The minimum absolute atomic E-state index is 0.382. The van der Waals surface area contributed by atoms with Crippen LogP contribution in [0.3, 0.4) is 0 Å². The highest BCUT2D eigenvalue weighted by atomic mass is 16.4. The summed E-state index contributed by atoms with van der Waals surface area (Å²) in [6.07, 6.45) is 0. The number of carbonyl (C=O) groups excluding carboxylic acids is 2. The van der Waals surface area contributed by atoms with Crippen molar-refractivity contribution in [1.29, 1.82) is 0 Å². The average Bonchev–Trinajstić information content (AvgIpc) is 2.71. The topological polar surface area (TPSA) is 107 Å². The van der Waals surface area contributed by atoms with Gasteiger partial charge in [0.15, 0.2) is 5.78 Å². The molecule has 1 aliphatic carbocycles. The summed E-state index contributed by atoms with van der Waals surface area (Å²) in [7, 11) is 3.88. The lowest BCUT2D eigenvalue weighted by Crippen LogP contribution is -2.42. The van der Waals surface area contributed by atoms with Crippen LogP contribution in [0.2, 0.25) is 0 Å². The highest BCUT2D eigenvalue weighted by Gasteiger charge is 2.43. The molecule has 0 aliphatic heterocycles. The number of Topliss-reactive ketones (excluding diaryl/α,β-unsaturated/α-hetero) is 1. The van der Waals surface area contributed by atoms with E-state index in [0.717, 1.165) is 16.8 Å². The van der Waals surface area contributed by atoms with E-state index >= 15 is 0 Å². The first-order chi connectivity index (χ1) is 14.0. The molecule has 3 N–H and O–H groups in total. The van der Waals surface area contributed by atoms with E-state index in [0.29, 0.717) is 11.1 Å². The Morgan fingerprint density at radius 2 is 1.73 bits per heavy atom. The van der Waals surface area contributed by atoms with Gasteiger partial charge in [0, 0.05) is 25.3 Å². The molecule has 2 aromatic rings. The van der Waals surface area contributed by atoms with Crippen LogP contribution in [0.4, 0.5) is 5.69 Å². The molecule has 1 amide bonds. The van der Waals surface area contributed by atoms with E-state index in [2.05, 4.69) is 5.32 Å². The summed E-state index contributed by atoms with van der Waals surface area (Å²) in [4.78, 5) is 38.2. The molecule has 0 heterocycles. The van der Waals surface area contributed by atoms with E-state index in [-0.39, 0.29) is 0 Å². The molecule has 2 aromatic carbocycles. The van der Waals surface area contributed by atoms with E-state index < -0.39 is 41.0 Å². The Morgan fingerprint density at radius 1 is 1.07 bits per heavy atom. The molecule has 0 atom stereocenters. The number of carboxylic acids is 1. The van der Waals surface area contributed by atoms with Crippen molar-refractivity contribution in [2.75, 3.05) is 25.5 Å². The summed E-state index contributed by atoms with van der Waals surface area (Å²) in [6, 6.07) is 13.3.